The van der Waals surface area contributed by atoms with Crippen molar-refractivity contribution >= 4 is 23.2 Å². The van der Waals surface area contributed by atoms with Crippen molar-refractivity contribution in [1.82, 2.24) is 0 Å². The van der Waals surface area contributed by atoms with Crippen molar-refractivity contribution in [2.75, 3.05) is 6.54 Å². The Morgan fingerprint density at radius 2 is 1.80 bits per heavy atom. The molecule has 4 heteroatoms. The maximum absolute atomic E-state index is 10.2. The summed E-state index contributed by atoms with van der Waals surface area (Å²) in [6, 6.07) is 5.16. The van der Waals surface area contributed by atoms with E-state index in [0.717, 1.165) is 0 Å². The van der Waals surface area contributed by atoms with Gasteiger partial charge in [-0.2, -0.15) is 0 Å². The van der Waals surface area contributed by atoms with E-state index in [2.05, 4.69) is 0 Å². The second kappa shape index (κ2) is 4.71. The Labute approximate surface area is 100.0 Å². The number of hydrogen-bond donors (Lipinski definition) is 2. The number of halogens is 2. The van der Waals surface area contributed by atoms with Gasteiger partial charge in [0.1, 0.15) is 0 Å². The summed E-state index contributed by atoms with van der Waals surface area (Å²) in [5.74, 6) is 0. The van der Waals surface area contributed by atoms with E-state index < -0.39 is 11.5 Å². The third-order valence-corrected chi connectivity index (χ3v) is 3.20. The highest BCUT2D eigenvalue weighted by Crippen LogP contribution is 2.39. The molecule has 0 amide bonds. The van der Waals surface area contributed by atoms with Crippen LogP contribution in [0.3, 0.4) is 0 Å². The number of aliphatic hydroxyl groups is 1. The Bertz CT molecular complexity index is 332. The highest BCUT2D eigenvalue weighted by Gasteiger charge is 2.30. The number of nitrogens with two attached hydrogens (primary N) is 1. The minimum atomic E-state index is -0.760. The van der Waals surface area contributed by atoms with Crippen LogP contribution >= 0.6 is 23.2 Å². The van der Waals surface area contributed by atoms with Crippen molar-refractivity contribution in [1.29, 1.82) is 0 Å². The van der Waals surface area contributed by atoms with E-state index in [1.165, 1.54) is 0 Å². The van der Waals surface area contributed by atoms with Gasteiger partial charge in [-0.1, -0.05) is 43.1 Å². The quantitative estimate of drug-likeness (QED) is 0.863. The van der Waals surface area contributed by atoms with E-state index in [4.69, 9.17) is 28.9 Å². The van der Waals surface area contributed by atoms with Crippen molar-refractivity contribution in [2.45, 2.75) is 20.0 Å². The largest absolute Gasteiger partial charge is 0.388 e. The molecule has 0 aliphatic rings. The van der Waals surface area contributed by atoms with Crippen molar-refractivity contribution in [3.05, 3.63) is 33.8 Å². The standard InChI is InChI=1S/C11H15Cl2NO/c1-11(2,6-14)10(15)9-7(12)4-3-5-8(9)13/h3-5,10,15H,6,14H2,1-2H3. The van der Waals surface area contributed by atoms with Crippen LogP contribution in [0.1, 0.15) is 25.5 Å². The van der Waals surface area contributed by atoms with Crippen molar-refractivity contribution < 1.29 is 5.11 Å². The molecule has 0 aromatic heterocycles. The van der Waals surface area contributed by atoms with Gasteiger partial charge in [0.15, 0.2) is 0 Å². The molecule has 0 aliphatic carbocycles. The molecule has 0 saturated carbocycles. The van der Waals surface area contributed by atoms with Crippen LogP contribution in [0.25, 0.3) is 0 Å². The lowest BCUT2D eigenvalue weighted by Gasteiger charge is -2.30. The molecule has 84 valence electrons. The Hall–Kier alpha value is -0.280. The summed E-state index contributed by atoms with van der Waals surface area (Å²) in [6.07, 6.45) is -0.760. The summed E-state index contributed by atoms with van der Waals surface area (Å²) in [7, 11) is 0. The normalized spacial score (nSPS) is 14.0. The second-order valence-electron chi connectivity index (χ2n) is 4.23. The van der Waals surface area contributed by atoms with Gasteiger partial charge in [0.2, 0.25) is 0 Å². The minimum absolute atomic E-state index is 0.357. The maximum Gasteiger partial charge on any atom is 0.0881 e. The van der Waals surface area contributed by atoms with Gasteiger partial charge in [-0.3, -0.25) is 0 Å². The van der Waals surface area contributed by atoms with Gasteiger partial charge in [0.25, 0.3) is 0 Å². The fourth-order valence-electron chi connectivity index (χ4n) is 1.27. The highest BCUT2D eigenvalue weighted by molar-refractivity contribution is 6.36. The summed E-state index contributed by atoms with van der Waals surface area (Å²) < 4.78 is 0. The van der Waals surface area contributed by atoms with E-state index >= 15 is 0 Å². The molecule has 1 aromatic rings. The zero-order valence-electron chi connectivity index (χ0n) is 8.80. The molecule has 3 N–H and O–H groups in total. The van der Waals surface area contributed by atoms with Crippen LogP contribution in [-0.2, 0) is 0 Å². The van der Waals surface area contributed by atoms with Gasteiger partial charge in [-0.05, 0) is 12.1 Å². The first kappa shape index (κ1) is 12.8. The fourth-order valence-corrected chi connectivity index (χ4v) is 1.88. The first-order valence-electron chi connectivity index (χ1n) is 4.72. The molecule has 0 heterocycles. The van der Waals surface area contributed by atoms with Crippen LogP contribution in [0.5, 0.6) is 0 Å². The lowest BCUT2D eigenvalue weighted by molar-refractivity contribution is 0.0557. The molecule has 1 rings (SSSR count). The van der Waals surface area contributed by atoms with Gasteiger partial charge in [-0.15, -0.1) is 0 Å². The first-order chi connectivity index (χ1) is 6.90. The summed E-state index contributed by atoms with van der Waals surface area (Å²) in [5.41, 5.74) is 5.70. The average molecular weight is 248 g/mol. The van der Waals surface area contributed by atoms with E-state index in [1.807, 2.05) is 13.8 Å². The van der Waals surface area contributed by atoms with Crippen molar-refractivity contribution in [3.8, 4) is 0 Å². The van der Waals surface area contributed by atoms with Crippen LogP contribution < -0.4 is 5.73 Å². The summed E-state index contributed by atoms with van der Waals surface area (Å²) in [4.78, 5) is 0. The molecule has 0 saturated heterocycles. The number of rotatable bonds is 3. The van der Waals surface area contributed by atoms with Crippen LogP contribution in [0.15, 0.2) is 18.2 Å². The summed E-state index contributed by atoms with van der Waals surface area (Å²) >= 11 is 12.0. The molecule has 0 aliphatic heterocycles. The number of benzene rings is 1. The van der Waals surface area contributed by atoms with E-state index in [1.54, 1.807) is 18.2 Å². The predicted octanol–water partition coefficient (Wildman–Crippen LogP) is 3.01. The van der Waals surface area contributed by atoms with Gasteiger partial charge in [0.05, 0.1) is 6.10 Å². The van der Waals surface area contributed by atoms with E-state index in [9.17, 15) is 5.11 Å². The maximum atomic E-state index is 10.2. The lowest BCUT2D eigenvalue weighted by atomic mass is 9.83. The van der Waals surface area contributed by atoms with Gasteiger partial charge in [-0.25, -0.2) is 0 Å². The van der Waals surface area contributed by atoms with Crippen LogP contribution in [0, 0.1) is 5.41 Å². The molecular weight excluding hydrogens is 233 g/mol. The third kappa shape index (κ3) is 2.64. The fraction of sp³-hybridized carbons (Fsp3) is 0.455. The molecule has 15 heavy (non-hydrogen) atoms. The van der Waals surface area contributed by atoms with Crippen LogP contribution in [0.2, 0.25) is 10.0 Å². The zero-order valence-corrected chi connectivity index (χ0v) is 10.3. The molecular formula is C11H15Cl2NO. The van der Waals surface area contributed by atoms with Crippen LogP contribution in [-0.4, -0.2) is 11.7 Å². The average Bonchev–Trinajstić information content (AvgIpc) is 2.17. The summed E-state index contributed by atoms with van der Waals surface area (Å²) in [6.45, 7) is 4.10. The molecule has 0 radical (unpaired) electrons. The molecule has 0 fully saturated rings. The van der Waals surface area contributed by atoms with Crippen molar-refractivity contribution in [2.24, 2.45) is 11.1 Å². The second-order valence-corrected chi connectivity index (χ2v) is 5.04. The Morgan fingerprint density at radius 1 is 1.33 bits per heavy atom. The molecule has 2 nitrogen and oxygen atoms in total. The Morgan fingerprint density at radius 3 is 2.20 bits per heavy atom. The van der Waals surface area contributed by atoms with Crippen molar-refractivity contribution in [3.63, 3.8) is 0 Å². The number of hydrogen-bond acceptors (Lipinski definition) is 2. The SMILES string of the molecule is CC(C)(CN)C(O)c1c(Cl)cccc1Cl. The Kier molecular flexibility index (Phi) is 4.01. The Balaban J connectivity index is 3.16. The zero-order chi connectivity index (χ0) is 11.6. The van der Waals surface area contributed by atoms with Gasteiger partial charge < -0.3 is 10.8 Å². The third-order valence-electron chi connectivity index (χ3n) is 2.54. The number of aliphatic hydroxyl groups excluding tert-OH is 1. The molecule has 0 bridgehead atoms. The molecule has 1 atom stereocenters. The lowest BCUT2D eigenvalue weighted by Crippen LogP contribution is -2.31. The van der Waals surface area contributed by atoms with E-state index in [-0.39, 0.29) is 0 Å². The molecule has 1 aromatic carbocycles. The molecule has 1 unspecified atom stereocenters. The van der Waals surface area contributed by atoms with Gasteiger partial charge in [0, 0.05) is 27.6 Å². The topological polar surface area (TPSA) is 46.2 Å². The van der Waals surface area contributed by atoms with Crippen LogP contribution in [0.4, 0.5) is 0 Å². The molecule has 0 spiro atoms. The first-order valence-corrected chi connectivity index (χ1v) is 5.48. The smallest absolute Gasteiger partial charge is 0.0881 e. The summed E-state index contributed by atoms with van der Waals surface area (Å²) in [5, 5.41) is 11.1. The van der Waals surface area contributed by atoms with E-state index in [0.29, 0.717) is 22.2 Å². The predicted molar refractivity (Wildman–Crippen MR) is 64.3 cm³/mol. The minimum Gasteiger partial charge on any atom is -0.388 e. The monoisotopic (exact) mass is 247 g/mol. The highest BCUT2D eigenvalue weighted by atomic mass is 35.5. The van der Waals surface area contributed by atoms with Gasteiger partial charge >= 0.3 is 0 Å².